The van der Waals surface area contributed by atoms with Crippen molar-refractivity contribution in [1.82, 2.24) is 25.1 Å². The summed E-state index contributed by atoms with van der Waals surface area (Å²) in [7, 11) is 3.88. The molecule has 6 heteroatoms. The van der Waals surface area contributed by atoms with Crippen molar-refractivity contribution in [2.45, 2.75) is 19.4 Å². The van der Waals surface area contributed by atoms with Gasteiger partial charge in [0.25, 0.3) is 0 Å². The molecule has 1 N–H and O–H groups in total. The summed E-state index contributed by atoms with van der Waals surface area (Å²) >= 11 is 3.58. The predicted octanol–water partition coefficient (Wildman–Crippen LogP) is 1.78. The van der Waals surface area contributed by atoms with E-state index in [-0.39, 0.29) is 6.04 Å². The molecular formula is C12H16BrN5. The van der Waals surface area contributed by atoms with Crippen LogP contribution in [0.4, 0.5) is 0 Å². The van der Waals surface area contributed by atoms with Crippen LogP contribution < -0.4 is 5.32 Å². The molecule has 0 amide bonds. The Balaban J connectivity index is 2.26. The van der Waals surface area contributed by atoms with Gasteiger partial charge < -0.3 is 5.32 Å². The van der Waals surface area contributed by atoms with Gasteiger partial charge in [0.05, 0.1) is 27.6 Å². The molecule has 0 aromatic carbocycles. The van der Waals surface area contributed by atoms with Crippen molar-refractivity contribution >= 4 is 15.9 Å². The molecule has 0 saturated carbocycles. The number of rotatable bonds is 4. The van der Waals surface area contributed by atoms with E-state index in [0.717, 1.165) is 28.0 Å². The first-order valence-corrected chi connectivity index (χ1v) is 6.54. The second-order valence-corrected chi connectivity index (χ2v) is 4.94. The van der Waals surface area contributed by atoms with Crippen LogP contribution in [-0.2, 0) is 13.5 Å². The minimum Gasteiger partial charge on any atom is -0.311 e. The highest BCUT2D eigenvalue weighted by Crippen LogP contribution is 2.24. The fraction of sp³-hybridized carbons (Fsp3) is 0.417. The van der Waals surface area contributed by atoms with Crippen molar-refractivity contribution in [3.8, 4) is 0 Å². The van der Waals surface area contributed by atoms with Crippen LogP contribution in [0.5, 0.6) is 0 Å². The van der Waals surface area contributed by atoms with Crippen LogP contribution in [0.15, 0.2) is 23.1 Å². The van der Waals surface area contributed by atoms with Gasteiger partial charge in [-0.25, -0.2) is 0 Å². The summed E-state index contributed by atoms with van der Waals surface area (Å²) in [5, 5.41) is 7.66. The number of hydrogen-bond acceptors (Lipinski definition) is 4. The van der Waals surface area contributed by atoms with Gasteiger partial charge in [0.15, 0.2) is 0 Å². The molecule has 2 rings (SSSR count). The molecule has 5 nitrogen and oxygen atoms in total. The monoisotopic (exact) mass is 309 g/mol. The number of aromatic nitrogens is 4. The molecular weight excluding hydrogens is 294 g/mol. The van der Waals surface area contributed by atoms with Crippen LogP contribution in [-0.4, -0.2) is 26.8 Å². The van der Waals surface area contributed by atoms with Gasteiger partial charge in [0, 0.05) is 32.1 Å². The van der Waals surface area contributed by atoms with Gasteiger partial charge in [-0.15, -0.1) is 0 Å². The molecule has 2 aromatic rings. The number of nitrogens with zero attached hydrogens (tertiary/aromatic N) is 4. The second kappa shape index (κ2) is 5.58. The average molecular weight is 310 g/mol. The van der Waals surface area contributed by atoms with Gasteiger partial charge in [-0.05, 0) is 29.9 Å². The summed E-state index contributed by atoms with van der Waals surface area (Å²) in [5.41, 5.74) is 3.09. The third-order valence-corrected chi connectivity index (χ3v) is 3.98. The molecule has 0 aliphatic heterocycles. The predicted molar refractivity (Wildman–Crippen MR) is 73.2 cm³/mol. The smallest absolute Gasteiger partial charge is 0.0759 e. The van der Waals surface area contributed by atoms with E-state index in [1.807, 2.05) is 25.7 Å². The minimum atomic E-state index is 0.129. The maximum Gasteiger partial charge on any atom is 0.0759 e. The zero-order valence-corrected chi connectivity index (χ0v) is 12.3. The van der Waals surface area contributed by atoms with Crippen LogP contribution in [0.2, 0.25) is 0 Å². The largest absolute Gasteiger partial charge is 0.311 e. The number of nitrogens with one attached hydrogen (secondary N) is 1. The normalized spacial score (nSPS) is 12.7. The first-order valence-electron chi connectivity index (χ1n) is 5.74. The highest BCUT2D eigenvalue weighted by molar-refractivity contribution is 9.10. The molecule has 0 spiro atoms. The molecule has 0 saturated heterocycles. The van der Waals surface area contributed by atoms with Gasteiger partial charge in [-0.1, -0.05) is 0 Å². The fourth-order valence-electron chi connectivity index (χ4n) is 1.94. The Kier molecular flexibility index (Phi) is 4.08. The van der Waals surface area contributed by atoms with Crippen LogP contribution in [0.1, 0.15) is 23.1 Å². The Morgan fingerprint density at radius 3 is 2.72 bits per heavy atom. The topological polar surface area (TPSA) is 55.6 Å². The maximum absolute atomic E-state index is 4.40. The zero-order chi connectivity index (χ0) is 13.1. The van der Waals surface area contributed by atoms with E-state index in [9.17, 15) is 0 Å². The molecule has 0 radical (unpaired) electrons. The standard InChI is InChI=1S/C12H16BrN5/c1-8-12(13)11(18(3)17-8)6-9(14-2)10-7-15-4-5-16-10/h4-5,7,9,14H,6H2,1-3H3. The Hall–Kier alpha value is -1.27. The second-order valence-electron chi connectivity index (χ2n) is 4.15. The third kappa shape index (κ3) is 2.59. The molecule has 96 valence electrons. The molecule has 18 heavy (non-hydrogen) atoms. The van der Waals surface area contributed by atoms with Gasteiger partial charge in [-0.2, -0.15) is 5.10 Å². The third-order valence-electron chi connectivity index (χ3n) is 2.95. The number of halogens is 1. The Morgan fingerprint density at radius 2 is 2.22 bits per heavy atom. The lowest BCUT2D eigenvalue weighted by molar-refractivity contribution is 0.545. The summed E-state index contributed by atoms with van der Waals surface area (Å²) in [4.78, 5) is 8.45. The molecule has 1 unspecified atom stereocenters. The van der Waals surface area contributed by atoms with Crippen molar-refractivity contribution in [3.05, 3.63) is 40.1 Å². The van der Waals surface area contributed by atoms with Crippen molar-refractivity contribution in [1.29, 1.82) is 0 Å². The van der Waals surface area contributed by atoms with Gasteiger partial charge in [-0.3, -0.25) is 14.6 Å². The molecule has 2 heterocycles. The highest BCUT2D eigenvalue weighted by atomic mass is 79.9. The molecule has 0 aliphatic carbocycles. The number of likely N-dealkylation sites (N-methyl/N-ethyl adjacent to an activating group) is 1. The number of hydrogen-bond donors (Lipinski definition) is 1. The lowest BCUT2D eigenvalue weighted by Gasteiger charge is -2.15. The van der Waals surface area contributed by atoms with Gasteiger partial charge in [0.2, 0.25) is 0 Å². The molecule has 0 bridgehead atoms. The van der Waals surface area contributed by atoms with Crippen LogP contribution in [0.3, 0.4) is 0 Å². The summed E-state index contributed by atoms with van der Waals surface area (Å²) in [6, 6.07) is 0.129. The lowest BCUT2D eigenvalue weighted by Crippen LogP contribution is -2.21. The first-order chi connectivity index (χ1) is 8.63. The minimum absolute atomic E-state index is 0.129. The zero-order valence-electron chi connectivity index (χ0n) is 10.7. The maximum atomic E-state index is 4.40. The van der Waals surface area contributed by atoms with E-state index >= 15 is 0 Å². The SMILES string of the molecule is CNC(Cc1c(Br)c(C)nn1C)c1cnccn1. The summed E-state index contributed by atoms with van der Waals surface area (Å²) in [5.74, 6) is 0. The molecule has 2 aromatic heterocycles. The van der Waals surface area contributed by atoms with E-state index < -0.39 is 0 Å². The van der Waals surface area contributed by atoms with E-state index in [4.69, 9.17) is 0 Å². The Labute approximate surface area is 115 Å². The lowest BCUT2D eigenvalue weighted by atomic mass is 10.1. The average Bonchev–Trinajstić information content (AvgIpc) is 2.62. The van der Waals surface area contributed by atoms with Crippen molar-refractivity contribution in [2.75, 3.05) is 7.05 Å². The van der Waals surface area contributed by atoms with Gasteiger partial charge in [0.1, 0.15) is 0 Å². The Bertz CT molecular complexity index is 523. The van der Waals surface area contributed by atoms with Crippen LogP contribution >= 0.6 is 15.9 Å². The summed E-state index contributed by atoms with van der Waals surface area (Å²) in [6.07, 6.45) is 6.00. The first kappa shape index (κ1) is 13.2. The Morgan fingerprint density at radius 1 is 1.44 bits per heavy atom. The molecule has 0 fully saturated rings. The van der Waals surface area contributed by atoms with E-state index in [1.54, 1.807) is 18.6 Å². The summed E-state index contributed by atoms with van der Waals surface area (Å²) < 4.78 is 2.97. The van der Waals surface area contributed by atoms with E-state index in [2.05, 4.69) is 36.3 Å². The highest BCUT2D eigenvalue weighted by Gasteiger charge is 2.17. The fourth-order valence-corrected chi connectivity index (χ4v) is 2.44. The molecule has 0 aliphatic rings. The van der Waals surface area contributed by atoms with Crippen molar-refractivity contribution in [3.63, 3.8) is 0 Å². The van der Waals surface area contributed by atoms with Crippen LogP contribution in [0.25, 0.3) is 0 Å². The summed E-state index contributed by atoms with van der Waals surface area (Å²) in [6.45, 7) is 1.99. The van der Waals surface area contributed by atoms with E-state index in [0.29, 0.717) is 0 Å². The van der Waals surface area contributed by atoms with Crippen molar-refractivity contribution in [2.24, 2.45) is 7.05 Å². The van der Waals surface area contributed by atoms with Crippen LogP contribution in [0, 0.1) is 6.92 Å². The molecule has 1 atom stereocenters. The number of aryl methyl sites for hydroxylation is 2. The van der Waals surface area contributed by atoms with Crippen molar-refractivity contribution < 1.29 is 0 Å². The quantitative estimate of drug-likeness (QED) is 0.935. The van der Waals surface area contributed by atoms with E-state index in [1.165, 1.54) is 0 Å². The van der Waals surface area contributed by atoms with Gasteiger partial charge >= 0.3 is 0 Å².